The Bertz CT molecular complexity index is 176. The van der Waals surface area contributed by atoms with Crippen LogP contribution in [0.25, 0.3) is 0 Å². The van der Waals surface area contributed by atoms with Gasteiger partial charge in [0.25, 0.3) is 0 Å². The first-order valence-corrected chi connectivity index (χ1v) is 5.70. The van der Waals surface area contributed by atoms with E-state index in [0.717, 1.165) is 13.0 Å². The van der Waals surface area contributed by atoms with Crippen LogP contribution in [0, 0.1) is 5.92 Å². The molecule has 0 unspecified atom stereocenters. The molecule has 0 spiro atoms. The van der Waals surface area contributed by atoms with Crippen molar-refractivity contribution in [3.63, 3.8) is 0 Å². The van der Waals surface area contributed by atoms with Gasteiger partial charge in [0.1, 0.15) is 6.04 Å². The number of nitrogens with one attached hydrogen (secondary N) is 1. The molecule has 1 rings (SSSR count). The second-order valence-electron chi connectivity index (χ2n) is 4.19. The minimum atomic E-state index is -0.697. The van der Waals surface area contributed by atoms with Gasteiger partial charge in [-0.3, -0.25) is 4.79 Å². The molecule has 1 aliphatic carbocycles. The number of likely N-dealkylation sites (N-methyl/N-ethyl adjacent to an activating group) is 1. The molecule has 0 aromatic rings. The van der Waals surface area contributed by atoms with Crippen molar-refractivity contribution in [1.29, 1.82) is 0 Å². The zero-order valence-corrected chi connectivity index (χ0v) is 8.96. The SMILES string of the molecule is CCN[C@@H](CC1CCCCC1)C(=O)O. The molecule has 1 aliphatic rings. The third-order valence-corrected chi connectivity index (χ3v) is 3.04. The van der Waals surface area contributed by atoms with Crippen LogP contribution in [-0.4, -0.2) is 23.7 Å². The van der Waals surface area contributed by atoms with Crippen molar-refractivity contribution in [2.45, 2.75) is 51.5 Å². The lowest BCUT2D eigenvalue weighted by atomic mass is 9.85. The maximum absolute atomic E-state index is 10.9. The summed E-state index contributed by atoms with van der Waals surface area (Å²) in [6.07, 6.45) is 7.13. The highest BCUT2D eigenvalue weighted by molar-refractivity contribution is 5.73. The third-order valence-electron chi connectivity index (χ3n) is 3.04. The van der Waals surface area contributed by atoms with Gasteiger partial charge in [-0.05, 0) is 18.9 Å². The Labute approximate surface area is 85.9 Å². The first-order valence-electron chi connectivity index (χ1n) is 5.70. The van der Waals surface area contributed by atoms with Gasteiger partial charge < -0.3 is 10.4 Å². The monoisotopic (exact) mass is 199 g/mol. The predicted octanol–water partition coefficient (Wildman–Crippen LogP) is 2.02. The van der Waals surface area contributed by atoms with Gasteiger partial charge >= 0.3 is 5.97 Å². The normalized spacial score (nSPS) is 20.6. The summed E-state index contributed by atoms with van der Waals surface area (Å²) < 4.78 is 0. The number of carbonyl (C=O) groups is 1. The largest absolute Gasteiger partial charge is 0.480 e. The van der Waals surface area contributed by atoms with Gasteiger partial charge in [0, 0.05) is 0 Å². The standard InChI is InChI=1S/C11H21NO2/c1-2-12-10(11(13)14)8-9-6-4-3-5-7-9/h9-10,12H,2-8H2,1H3,(H,13,14)/t10-/m0/s1. The van der Waals surface area contributed by atoms with Crippen LogP contribution in [0.5, 0.6) is 0 Å². The number of hydrogen-bond donors (Lipinski definition) is 2. The quantitative estimate of drug-likeness (QED) is 0.712. The van der Waals surface area contributed by atoms with E-state index in [9.17, 15) is 4.79 Å². The first-order chi connectivity index (χ1) is 6.74. The van der Waals surface area contributed by atoms with E-state index in [4.69, 9.17) is 5.11 Å². The smallest absolute Gasteiger partial charge is 0.320 e. The minimum Gasteiger partial charge on any atom is -0.480 e. The highest BCUT2D eigenvalue weighted by Gasteiger charge is 2.22. The molecule has 3 heteroatoms. The number of rotatable bonds is 5. The molecule has 82 valence electrons. The zero-order valence-electron chi connectivity index (χ0n) is 8.96. The van der Waals surface area contributed by atoms with E-state index in [-0.39, 0.29) is 6.04 Å². The van der Waals surface area contributed by atoms with Crippen molar-refractivity contribution < 1.29 is 9.90 Å². The summed E-state index contributed by atoms with van der Waals surface area (Å²) in [5, 5.41) is 12.0. The molecule has 0 radical (unpaired) electrons. The highest BCUT2D eigenvalue weighted by Crippen LogP contribution is 2.27. The fourth-order valence-corrected chi connectivity index (χ4v) is 2.27. The van der Waals surface area contributed by atoms with E-state index in [2.05, 4.69) is 5.32 Å². The van der Waals surface area contributed by atoms with Crippen LogP contribution < -0.4 is 5.32 Å². The molecule has 1 saturated carbocycles. The lowest BCUT2D eigenvalue weighted by molar-refractivity contribution is -0.140. The number of carboxylic acid groups (broad SMARTS) is 1. The van der Waals surface area contributed by atoms with Crippen molar-refractivity contribution in [2.24, 2.45) is 5.92 Å². The van der Waals surface area contributed by atoms with E-state index in [1.54, 1.807) is 0 Å². The topological polar surface area (TPSA) is 49.3 Å². The first kappa shape index (κ1) is 11.5. The average Bonchev–Trinajstić information content (AvgIpc) is 2.18. The third kappa shape index (κ3) is 3.66. The Morgan fingerprint density at radius 1 is 1.43 bits per heavy atom. The lowest BCUT2D eigenvalue weighted by Crippen LogP contribution is -2.38. The van der Waals surface area contributed by atoms with Gasteiger partial charge in [0.05, 0.1) is 0 Å². The van der Waals surface area contributed by atoms with Crippen LogP contribution in [0.3, 0.4) is 0 Å². The van der Waals surface area contributed by atoms with E-state index in [1.807, 2.05) is 6.92 Å². The molecular formula is C11H21NO2. The van der Waals surface area contributed by atoms with Gasteiger partial charge in [-0.25, -0.2) is 0 Å². The van der Waals surface area contributed by atoms with E-state index >= 15 is 0 Å². The summed E-state index contributed by atoms with van der Waals surface area (Å²) in [6.45, 7) is 2.69. The number of hydrogen-bond acceptors (Lipinski definition) is 2. The van der Waals surface area contributed by atoms with Crippen molar-refractivity contribution in [3.05, 3.63) is 0 Å². The Morgan fingerprint density at radius 2 is 2.07 bits per heavy atom. The fraction of sp³-hybridized carbons (Fsp3) is 0.909. The second-order valence-corrected chi connectivity index (χ2v) is 4.19. The predicted molar refractivity (Wildman–Crippen MR) is 56.3 cm³/mol. The van der Waals surface area contributed by atoms with Crippen molar-refractivity contribution in [2.75, 3.05) is 6.54 Å². The maximum atomic E-state index is 10.9. The minimum absolute atomic E-state index is 0.330. The fourth-order valence-electron chi connectivity index (χ4n) is 2.27. The molecule has 0 bridgehead atoms. The van der Waals surface area contributed by atoms with Crippen molar-refractivity contribution in [3.8, 4) is 0 Å². The Hall–Kier alpha value is -0.570. The molecule has 0 saturated heterocycles. The summed E-state index contributed by atoms with van der Waals surface area (Å²) in [6, 6.07) is -0.330. The summed E-state index contributed by atoms with van der Waals surface area (Å²) in [5.74, 6) is -0.0682. The number of aliphatic carboxylic acids is 1. The summed E-state index contributed by atoms with van der Waals surface area (Å²) in [7, 11) is 0. The molecule has 0 heterocycles. The molecule has 0 aromatic heterocycles. The van der Waals surface area contributed by atoms with Crippen LogP contribution >= 0.6 is 0 Å². The maximum Gasteiger partial charge on any atom is 0.320 e. The highest BCUT2D eigenvalue weighted by atomic mass is 16.4. The molecule has 0 amide bonds. The van der Waals surface area contributed by atoms with Crippen LogP contribution in [0.2, 0.25) is 0 Å². The van der Waals surface area contributed by atoms with Gasteiger partial charge in [-0.15, -0.1) is 0 Å². The Kier molecular flexibility index (Phi) is 4.94. The molecule has 1 fully saturated rings. The van der Waals surface area contributed by atoms with Crippen LogP contribution in [0.4, 0.5) is 0 Å². The summed E-state index contributed by atoms with van der Waals surface area (Å²) in [5.41, 5.74) is 0. The van der Waals surface area contributed by atoms with Gasteiger partial charge in [-0.1, -0.05) is 39.0 Å². The molecule has 3 nitrogen and oxygen atoms in total. The van der Waals surface area contributed by atoms with E-state index in [1.165, 1.54) is 32.1 Å². The molecule has 1 atom stereocenters. The molecule has 0 aliphatic heterocycles. The Morgan fingerprint density at radius 3 is 2.57 bits per heavy atom. The van der Waals surface area contributed by atoms with Gasteiger partial charge in [0.15, 0.2) is 0 Å². The summed E-state index contributed by atoms with van der Waals surface area (Å²) >= 11 is 0. The van der Waals surface area contributed by atoms with Crippen LogP contribution in [0.1, 0.15) is 45.4 Å². The van der Waals surface area contributed by atoms with Crippen molar-refractivity contribution >= 4 is 5.97 Å². The lowest BCUT2D eigenvalue weighted by Gasteiger charge is -2.24. The van der Waals surface area contributed by atoms with E-state index in [0.29, 0.717) is 5.92 Å². The summed E-state index contributed by atoms with van der Waals surface area (Å²) in [4.78, 5) is 10.9. The zero-order chi connectivity index (χ0) is 10.4. The molecule has 14 heavy (non-hydrogen) atoms. The van der Waals surface area contributed by atoms with Gasteiger partial charge in [0.2, 0.25) is 0 Å². The second kappa shape index (κ2) is 6.02. The van der Waals surface area contributed by atoms with Gasteiger partial charge in [-0.2, -0.15) is 0 Å². The van der Waals surface area contributed by atoms with Crippen molar-refractivity contribution in [1.82, 2.24) is 5.32 Å². The average molecular weight is 199 g/mol. The van der Waals surface area contributed by atoms with Crippen LogP contribution in [0.15, 0.2) is 0 Å². The molecular weight excluding hydrogens is 178 g/mol. The molecule has 0 aromatic carbocycles. The van der Waals surface area contributed by atoms with E-state index < -0.39 is 5.97 Å². The molecule has 2 N–H and O–H groups in total. The number of carboxylic acids is 1. The Balaban J connectivity index is 2.33. The van der Waals surface area contributed by atoms with Crippen LogP contribution in [-0.2, 0) is 4.79 Å².